The van der Waals surface area contributed by atoms with Gasteiger partial charge in [-0.05, 0) is 12.8 Å². The van der Waals surface area contributed by atoms with E-state index in [9.17, 15) is 9.90 Å². The largest absolute Gasteiger partial charge is 0.458 e. The number of hydrogen-bond donors (Lipinski definition) is 1. The molecule has 0 aromatic rings. The molecule has 0 aromatic carbocycles. The number of carbonyl (C=O) groups excluding carboxylic acids is 1. The third-order valence-electron chi connectivity index (χ3n) is 2.03. The van der Waals surface area contributed by atoms with Crippen LogP contribution in [0.25, 0.3) is 0 Å². The number of ether oxygens (including phenoxy) is 1. The van der Waals surface area contributed by atoms with Crippen molar-refractivity contribution in [3.8, 4) is 0 Å². The molecule has 0 aliphatic heterocycles. The van der Waals surface area contributed by atoms with Crippen LogP contribution in [0, 0.1) is 0 Å². The van der Waals surface area contributed by atoms with E-state index in [0.29, 0.717) is 12.8 Å². The summed E-state index contributed by atoms with van der Waals surface area (Å²) in [6, 6.07) is 0. The van der Waals surface area contributed by atoms with Gasteiger partial charge in [-0.3, -0.25) is 0 Å². The molecule has 90 valence electrons. The van der Waals surface area contributed by atoms with Gasteiger partial charge in [0.2, 0.25) is 4.84 Å². The van der Waals surface area contributed by atoms with Gasteiger partial charge >= 0.3 is 5.97 Å². The summed E-state index contributed by atoms with van der Waals surface area (Å²) in [7, 11) is 0. The molecule has 0 spiro atoms. The summed E-state index contributed by atoms with van der Waals surface area (Å²) in [6.45, 7) is 3.92. The number of halogens is 2. The molecule has 0 radical (unpaired) electrons. The van der Waals surface area contributed by atoms with Gasteiger partial charge in [0.05, 0.1) is 6.10 Å². The molecule has 0 heterocycles. The first-order valence-electron chi connectivity index (χ1n) is 5.19. The minimum Gasteiger partial charge on any atom is -0.458 e. The second kappa shape index (κ2) is 8.20. The monoisotopic (exact) mass is 256 g/mol. The smallest absolute Gasteiger partial charge is 0.339 e. The molecule has 0 aliphatic carbocycles. The zero-order valence-electron chi connectivity index (χ0n) is 9.08. The fraction of sp³-hybridized carbons (Fsp3) is 0.900. The Kier molecular flexibility index (Phi) is 8.20. The van der Waals surface area contributed by atoms with Crippen LogP contribution in [0.4, 0.5) is 0 Å². The van der Waals surface area contributed by atoms with Gasteiger partial charge in [0.1, 0.15) is 6.10 Å². The van der Waals surface area contributed by atoms with E-state index in [0.717, 1.165) is 12.8 Å². The topological polar surface area (TPSA) is 46.5 Å². The number of hydrogen-bond acceptors (Lipinski definition) is 3. The lowest BCUT2D eigenvalue weighted by atomic mass is 10.0. The van der Waals surface area contributed by atoms with Crippen molar-refractivity contribution in [2.45, 2.75) is 56.6 Å². The lowest BCUT2D eigenvalue weighted by Gasteiger charge is -2.22. The summed E-state index contributed by atoms with van der Waals surface area (Å²) < 4.78 is 5.01. The van der Waals surface area contributed by atoms with Crippen LogP contribution >= 0.6 is 23.2 Å². The van der Waals surface area contributed by atoms with E-state index in [-0.39, 0.29) is 0 Å². The lowest BCUT2D eigenvalue weighted by molar-refractivity contribution is -0.153. The molecule has 0 unspecified atom stereocenters. The van der Waals surface area contributed by atoms with Crippen molar-refractivity contribution in [3.63, 3.8) is 0 Å². The molecule has 0 bridgehead atoms. The van der Waals surface area contributed by atoms with Crippen LogP contribution in [-0.4, -0.2) is 28.1 Å². The molecule has 2 atom stereocenters. The Hall–Kier alpha value is 0.01000. The van der Waals surface area contributed by atoms with Gasteiger partial charge in [-0.2, -0.15) is 0 Å². The van der Waals surface area contributed by atoms with Gasteiger partial charge in [-0.25, -0.2) is 4.79 Å². The standard InChI is InChI=1S/C10H18Cl2O3/c1-3-5-7(13)8(6-4-2)15-10(14)9(11)12/h7-9,13H,3-6H2,1-2H3/t7-,8+/m0/s1. The van der Waals surface area contributed by atoms with E-state index in [2.05, 4.69) is 0 Å². The maximum absolute atomic E-state index is 11.1. The zero-order chi connectivity index (χ0) is 11.8. The van der Waals surface area contributed by atoms with Crippen molar-refractivity contribution >= 4 is 29.2 Å². The van der Waals surface area contributed by atoms with Gasteiger partial charge in [-0.1, -0.05) is 49.9 Å². The Labute approximate surface area is 101 Å². The Morgan fingerprint density at radius 1 is 1.27 bits per heavy atom. The van der Waals surface area contributed by atoms with E-state index in [1.807, 2.05) is 13.8 Å². The minimum atomic E-state index is -1.18. The maximum Gasteiger partial charge on any atom is 0.339 e. The second-order valence-corrected chi connectivity index (χ2v) is 4.52. The van der Waals surface area contributed by atoms with Crippen molar-refractivity contribution in [2.24, 2.45) is 0 Å². The third-order valence-corrected chi connectivity index (χ3v) is 2.39. The zero-order valence-corrected chi connectivity index (χ0v) is 10.6. The minimum absolute atomic E-state index is 0.498. The van der Waals surface area contributed by atoms with Crippen molar-refractivity contribution in [1.82, 2.24) is 0 Å². The molecule has 0 amide bonds. The number of aliphatic hydroxyl groups excluding tert-OH is 1. The highest BCUT2D eigenvalue weighted by Crippen LogP contribution is 2.15. The van der Waals surface area contributed by atoms with E-state index >= 15 is 0 Å². The predicted octanol–water partition coefficient (Wildman–Crippen LogP) is 2.66. The summed E-state index contributed by atoms with van der Waals surface area (Å²) >= 11 is 10.7. The molecule has 15 heavy (non-hydrogen) atoms. The van der Waals surface area contributed by atoms with Gasteiger partial charge in [0, 0.05) is 0 Å². The Morgan fingerprint density at radius 2 is 1.80 bits per heavy atom. The summed E-state index contributed by atoms with van der Waals surface area (Å²) in [4.78, 5) is 9.96. The van der Waals surface area contributed by atoms with Crippen LogP contribution in [0.3, 0.4) is 0 Å². The highest BCUT2D eigenvalue weighted by atomic mass is 35.5. The summed E-state index contributed by atoms with van der Waals surface area (Å²) in [6.07, 6.45) is 1.76. The van der Waals surface area contributed by atoms with Gasteiger partial charge in [-0.15, -0.1) is 0 Å². The lowest BCUT2D eigenvalue weighted by Crippen LogP contribution is -2.32. The molecule has 1 N–H and O–H groups in total. The van der Waals surface area contributed by atoms with Crippen LogP contribution < -0.4 is 0 Å². The number of esters is 1. The first-order chi connectivity index (χ1) is 7.02. The Morgan fingerprint density at radius 3 is 2.20 bits per heavy atom. The fourth-order valence-electron chi connectivity index (χ4n) is 1.30. The molecular weight excluding hydrogens is 239 g/mol. The molecular formula is C10H18Cl2O3. The predicted molar refractivity (Wildman–Crippen MR) is 61.2 cm³/mol. The van der Waals surface area contributed by atoms with Gasteiger partial charge < -0.3 is 9.84 Å². The summed E-state index contributed by atoms with van der Waals surface area (Å²) in [5.74, 6) is -0.688. The van der Waals surface area contributed by atoms with E-state index in [1.165, 1.54) is 0 Å². The quantitative estimate of drug-likeness (QED) is 0.563. The molecule has 3 nitrogen and oxygen atoms in total. The van der Waals surface area contributed by atoms with Crippen molar-refractivity contribution < 1.29 is 14.6 Å². The highest BCUT2D eigenvalue weighted by molar-refractivity contribution is 6.52. The van der Waals surface area contributed by atoms with Crippen LogP contribution in [0.15, 0.2) is 0 Å². The third kappa shape index (κ3) is 6.23. The molecule has 0 aromatic heterocycles. The summed E-state index contributed by atoms with van der Waals surface area (Å²) in [5, 5.41) is 9.71. The van der Waals surface area contributed by atoms with Crippen LogP contribution in [0.5, 0.6) is 0 Å². The number of alkyl halides is 2. The molecule has 0 aliphatic rings. The van der Waals surface area contributed by atoms with Crippen molar-refractivity contribution in [3.05, 3.63) is 0 Å². The SMILES string of the molecule is CCC[C@H](O)[C@@H](CCC)OC(=O)C(Cl)Cl. The average molecular weight is 257 g/mol. The van der Waals surface area contributed by atoms with Crippen molar-refractivity contribution in [1.29, 1.82) is 0 Å². The average Bonchev–Trinajstić information content (AvgIpc) is 2.17. The number of aliphatic hydroxyl groups is 1. The van der Waals surface area contributed by atoms with Crippen LogP contribution in [0.2, 0.25) is 0 Å². The van der Waals surface area contributed by atoms with E-state index in [4.69, 9.17) is 27.9 Å². The number of carbonyl (C=O) groups is 1. The fourth-order valence-corrected chi connectivity index (χ4v) is 1.40. The molecule has 0 saturated carbocycles. The van der Waals surface area contributed by atoms with Gasteiger partial charge in [0.15, 0.2) is 0 Å². The van der Waals surface area contributed by atoms with E-state index in [1.54, 1.807) is 0 Å². The second-order valence-electron chi connectivity index (χ2n) is 3.42. The Bertz CT molecular complexity index is 186. The molecule has 0 saturated heterocycles. The number of rotatable bonds is 7. The Balaban J connectivity index is 4.19. The molecule has 0 rings (SSSR count). The highest BCUT2D eigenvalue weighted by Gasteiger charge is 2.24. The van der Waals surface area contributed by atoms with Crippen molar-refractivity contribution in [2.75, 3.05) is 0 Å². The molecule has 0 fully saturated rings. The van der Waals surface area contributed by atoms with Crippen LogP contribution in [0.1, 0.15) is 39.5 Å². The maximum atomic E-state index is 11.1. The van der Waals surface area contributed by atoms with Crippen LogP contribution in [-0.2, 0) is 9.53 Å². The molecule has 5 heteroatoms. The van der Waals surface area contributed by atoms with E-state index < -0.39 is 23.0 Å². The summed E-state index contributed by atoms with van der Waals surface area (Å²) in [5.41, 5.74) is 0. The first-order valence-corrected chi connectivity index (χ1v) is 6.06. The van der Waals surface area contributed by atoms with Gasteiger partial charge in [0.25, 0.3) is 0 Å². The first kappa shape index (κ1) is 15.0. The normalized spacial score (nSPS) is 15.1.